The summed E-state index contributed by atoms with van der Waals surface area (Å²) in [6.45, 7) is 4.28. The van der Waals surface area contributed by atoms with Crippen LogP contribution in [0.3, 0.4) is 0 Å². The van der Waals surface area contributed by atoms with Gasteiger partial charge in [-0.25, -0.2) is 4.79 Å². The van der Waals surface area contributed by atoms with E-state index in [1.165, 1.54) is 5.56 Å². The molecule has 1 aromatic carbocycles. The maximum absolute atomic E-state index is 12.6. The maximum Gasteiger partial charge on any atom is 0.323 e. The van der Waals surface area contributed by atoms with Crippen LogP contribution in [-0.4, -0.2) is 46.0 Å². The molecule has 1 aromatic rings. The molecule has 3 rings (SSSR count). The highest BCUT2D eigenvalue weighted by Crippen LogP contribution is 2.46. The number of nitrogens with zero attached hydrogens (tertiary/aromatic N) is 2. The molecule has 0 radical (unpaired) electrons. The summed E-state index contributed by atoms with van der Waals surface area (Å²) >= 11 is 0. The highest BCUT2D eigenvalue weighted by atomic mass is 16.4. The van der Waals surface area contributed by atoms with Gasteiger partial charge in [0.25, 0.3) is 0 Å². The fourth-order valence-corrected chi connectivity index (χ4v) is 3.64. The van der Waals surface area contributed by atoms with Crippen LogP contribution in [0.5, 0.6) is 0 Å². The molecule has 5 nitrogen and oxygen atoms in total. The molecular weight excluding hydrogens is 268 g/mol. The third-order valence-corrected chi connectivity index (χ3v) is 4.67. The third kappa shape index (κ3) is 1.99. The highest BCUT2D eigenvalue weighted by molar-refractivity contribution is 5.84. The first kappa shape index (κ1) is 13.9. The highest BCUT2D eigenvalue weighted by Gasteiger charge is 2.54. The van der Waals surface area contributed by atoms with Crippen LogP contribution in [0.4, 0.5) is 4.79 Å². The number of aliphatic carboxylic acids is 1. The van der Waals surface area contributed by atoms with Gasteiger partial charge in [0.05, 0.1) is 12.1 Å². The van der Waals surface area contributed by atoms with Crippen LogP contribution in [0.2, 0.25) is 0 Å². The molecule has 1 aliphatic carbocycles. The van der Waals surface area contributed by atoms with Gasteiger partial charge in [-0.15, -0.1) is 0 Å². The molecular formula is C16H20N2O3. The first-order valence-corrected chi connectivity index (χ1v) is 7.34. The second-order valence-corrected chi connectivity index (χ2v) is 6.17. The summed E-state index contributed by atoms with van der Waals surface area (Å²) in [6, 6.07) is 7.98. The number of hydrogen-bond acceptors (Lipinski definition) is 2. The quantitative estimate of drug-likeness (QED) is 0.926. The van der Waals surface area contributed by atoms with Crippen molar-refractivity contribution in [3.8, 4) is 0 Å². The van der Waals surface area contributed by atoms with E-state index in [1.807, 2.05) is 32.0 Å². The van der Waals surface area contributed by atoms with Crippen molar-refractivity contribution in [1.29, 1.82) is 0 Å². The molecule has 112 valence electrons. The Morgan fingerprint density at radius 2 is 2.10 bits per heavy atom. The van der Waals surface area contributed by atoms with Crippen molar-refractivity contribution in [2.24, 2.45) is 0 Å². The molecule has 1 saturated heterocycles. The van der Waals surface area contributed by atoms with E-state index < -0.39 is 11.5 Å². The zero-order valence-corrected chi connectivity index (χ0v) is 12.4. The van der Waals surface area contributed by atoms with E-state index in [0.717, 1.165) is 18.4 Å². The Labute approximate surface area is 124 Å². The lowest BCUT2D eigenvalue weighted by atomic mass is 9.90. The van der Waals surface area contributed by atoms with E-state index in [2.05, 4.69) is 6.07 Å². The largest absolute Gasteiger partial charge is 0.480 e. The van der Waals surface area contributed by atoms with E-state index in [4.69, 9.17) is 0 Å². The van der Waals surface area contributed by atoms with Gasteiger partial charge >= 0.3 is 12.0 Å². The number of carboxylic acids is 1. The Morgan fingerprint density at radius 1 is 1.38 bits per heavy atom. The number of carbonyl (C=O) groups excluding carboxylic acids is 1. The van der Waals surface area contributed by atoms with Crippen molar-refractivity contribution in [3.05, 3.63) is 35.4 Å². The van der Waals surface area contributed by atoms with Gasteiger partial charge in [0, 0.05) is 6.04 Å². The fraction of sp³-hybridized carbons (Fsp3) is 0.500. The molecule has 5 heteroatoms. The van der Waals surface area contributed by atoms with Crippen molar-refractivity contribution < 1.29 is 14.7 Å². The van der Waals surface area contributed by atoms with Gasteiger partial charge in [0.2, 0.25) is 0 Å². The number of hydrogen-bond donors (Lipinski definition) is 1. The lowest BCUT2D eigenvalue weighted by molar-refractivity contribution is -0.138. The van der Waals surface area contributed by atoms with E-state index in [9.17, 15) is 14.7 Å². The molecule has 1 N–H and O–H groups in total. The smallest absolute Gasteiger partial charge is 0.323 e. The number of aryl methyl sites for hydroxylation is 1. The van der Waals surface area contributed by atoms with Gasteiger partial charge in [-0.05, 0) is 37.8 Å². The summed E-state index contributed by atoms with van der Waals surface area (Å²) in [6.07, 6.45) is 1.69. The van der Waals surface area contributed by atoms with Crippen LogP contribution >= 0.6 is 0 Å². The van der Waals surface area contributed by atoms with Gasteiger partial charge in [-0.3, -0.25) is 4.79 Å². The average Bonchev–Trinajstić information content (AvgIpc) is 2.93. The van der Waals surface area contributed by atoms with Gasteiger partial charge in [-0.1, -0.05) is 24.3 Å². The molecule has 2 amide bonds. The fourth-order valence-electron chi connectivity index (χ4n) is 3.64. The van der Waals surface area contributed by atoms with Crippen LogP contribution < -0.4 is 0 Å². The normalized spacial score (nSPS) is 24.2. The lowest BCUT2D eigenvalue weighted by Crippen LogP contribution is -2.45. The minimum Gasteiger partial charge on any atom is -0.480 e. The second kappa shape index (κ2) is 4.76. The molecule has 0 saturated carbocycles. The predicted octanol–water partition coefficient (Wildman–Crippen LogP) is 2.06. The lowest BCUT2D eigenvalue weighted by Gasteiger charge is -2.33. The third-order valence-electron chi connectivity index (χ3n) is 4.67. The molecule has 0 bridgehead atoms. The van der Waals surface area contributed by atoms with E-state index in [1.54, 1.807) is 9.80 Å². The molecule has 1 heterocycles. The number of rotatable bonds is 3. The summed E-state index contributed by atoms with van der Waals surface area (Å²) in [4.78, 5) is 27.2. The van der Waals surface area contributed by atoms with Crippen LogP contribution in [0.25, 0.3) is 0 Å². The van der Waals surface area contributed by atoms with Crippen molar-refractivity contribution in [3.63, 3.8) is 0 Å². The Hall–Kier alpha value is -2.04. The zero-order chi connectivity index (χ0) is 15.2. The van der Waals surface area contributed by atoms with Crippen molar-refractivity contribution >= 4 is 12.0 Å². The molecule has 1 fully saturated rings. The molecule has 0 aromatic heterocycles. The number of fused-ring (bicyclic) bond motifs is 2. The van der Waals surface area contributed by atoms with E-state index in [-0.39, 0.29) is 18.6 Å². The Balaban J connectivity index is 2.07. The van der Waals surface area contributed by atoms with Crippen LogP contribution in [0.15, 0.2) is 24.3 Å². The summed E-state index contributed by atoms with van der Waals surface area (Å²) < 4.78 is 0. The van der Waals surface area contributed by atoms with E-state index >= 15 is 0 Å². The number of carbonyl (C=O) groups is 2. The minimum atomic E-state index is -0.960. The Bertz CT molecular complexity index is 599. The zero-order valence-electron chi connectivity index (χ0n) is 12.4. The van der Waals surface area contributed by atoms with Gasteiger partial charge in [0.1, 0.15) is 6.54 Å². The van der Waals surface area contributed by atoms with Crippen molar-refractivity contribution in [2.75, 3.05) is 13.1 Å². The minimum absolute atomic E-state index is 0.0703. The number of benzene rings is 1. The molecule has 21 heavy (non-hydrogen) atoms. The number of amides is 2. The molecule has 1 atom stereocenters. The Morgan fingerprint density at radius 3 is 2.76 bits per heavy atom. The first-order chi connectivity index (χ1) is 9.95. The molecule has 2 aliphatic rings. The van der Waals surface area contributed by atoms with Crippen LogP contribution in [0.1, 0.15) is 31.4 Å². The summed E-state index contributed by atoms with van der Waals surface area (Å²) in [5.74, 6) is -0.960. The SMILES string of the molecule is CC(C)N1CC2(CCc3ccccc32)N(CC(=O)O)C1=O. The standard InChI is InChI=1S/C16H20N2O3/c1-11(2)17-10-16(18(15(17)21)9-14(19)20)8-7-12-5-3-4-6-13(12)16/h3-6,11H,7-10H2,1-2H3,(H,19,20). The van der Waals surface area contributed by atoms with Gasteiger partial charge in [0.15, 0.2) is 0 Å². The van der Waals surface area contributed by atoms with Crippen molar-refractivity contribution in [1.82, 2.24) is 9.80 Å². The second-order valence-electron chi connectivity index (χ2n) is 6.17. The predicted molar refractivity (Wildman–Crippen MR) is 78.0 cm³/mol. The summed E-state index contributed by atoms with van der Waals surface area (Å²) in [5, 5.41) is 9.20. The first-order valence-electron chi connectivity index (χ1n) is 7.34. The average molecular weight is 288 g/mol. The summed E-state index contributed by atoms with van der Waals surface area (Å²) in [7, 11) is 0. The van der Waals surface area contributed by atoms with Gasteiger partial charge in [-0.2, -0.15) is 0 Å². The Kier molecular flexibility index (Phi) is 3.15. The van der Waals surface area contributed by atoms with Crippen molar-refractivity contribution in [2.45, 2.75) is 38.3 Å². The maximum atomic E-state index is 12.6. The topological polar surface area (TPSA) is 60.9 Å². The van der Waals surface area contributed by atoms with E-state index in [0.29, 0.717) is 6.54 Å². The number of carboxylic acid groups (broad SMARTS) is 1. The molecule has 1 aliphatic heterocycles. The van der Waals surface area contributed by atoms with Crippen LogP contribution in [0, 0.1) is 0 Å². The van der Waals surface area contributed by atoms with Crippen LogP contribution in [-0.2, 0) is 16.8 Å². The number of urea groups is 1. The molecule has 1 spiro atoms. The molecule has 1 unspecified atom stereocenters. The monoisotopic (exact) mass is 288 g/mol. The summed E-state index contributed by atoms with van der Waals surface area (Å²) in [5.41, 5.74) is 1.87. The van der Waals surface area contributed by atoms with Gasteiger partial charge < -0.3 is 14.9 Å².